The molecule has 0 saturated heterocycles. The van der Waals surface area contributed by atoms with Crippen molar-refractivity contribution in [2.75, 3.05) is 13.2 Å². The average Bonchev–Trinajstić information content (AvgIpc) is 3.23. The number of allylic oxidation sites excluding steroid dienone is 24. The first-order valence-electron chi connectivity index (χ1n) is 22.5. The number of unbranched alkanes of at least 4 members (excludes halogenated alkanes) is 9. The van der Waals surface area contributed by atoms with E-state index in [1.165, 1.54) is 0 Å². The molecule has 1 unspecified atom stereocenters. The molecule has 0 fully saturated rings. The Hall–Kier alpha value is -4.71. The van der Waals surface area contributed by atoms with Gasteiger partial charge in [-0.2, -0.15) is 0 Å². The molecule has 0 heterocycles. The third kappa shape index (κ3) is 44.2. The summed E-state index contributed by atoms with van der Waals surface area (Å²) in [5, 5.41) is 0. The molecule has 0 aromatic carbocycles. The van der Waals surface area contributed by atoms with Crippen molar-refractivity contribution < 1.29 is 28.6 Å². The van der Waals surface area contributed by atoms with Crippen molar-refractivity contribution in [3.05, 3.63) is 146 Å². The first-order valence-corrected chi connectivity index (χ1v) is 22.5. The molecule has 6 heteroatoms. The first-order chi connectivity index (χ1) is 29.0. The van der Waals surface area contributed by atoms with Gasteiger partial charge in [0.15, 0.2) is 6.10 Å². The summed E-state index contributed by atoms with van der Waals surface area (Å²) in [6.07, 6.45) is 65.5. The molecule has 0 aliphatic heterocycles. The van der Waals surface area contributed by atoms with Gasteiger partial charge < -0.3 is 14.2 Å². The van der Waals surface area contributed by atoms with Crippen molar-refractivity contribution >= 4 is 17.9 Å². The van der Waals surface area contributed by atoms with Crippen LogP contribution in [0.3, 0.4) is 0 Å². The van der Waals surface area contributed by atoms with Crippen molar-refractivity contribution in [3.63, 3.8) is 0 Å². The molecular formula is C53H78O6. The lowest BCUT2D eigenvalue weighted by Crippen LogP contribution is -2.30. The molecule has 0 rings (SSSR count). The number of hydrogen-bond acceptors (Lipinski definition) is 6. The van der Waals surface area contributed by atoms with Crippen LogP contribution in [-0.4, -0.2) is 37.2 Å². The fraction of sp³-hybridized carbons (Fsp3) is 0.491. The number of rotatable bonds is 37. The third-order valence-corrected chi connectivity index (χ3v) is 8.54. The second-order valence-corrected chi connectivity index (χ2v) is 14.0. The molecule has 0 aliphatic rings. The highest BCUT2D eigenvalue weighted by Crippen LogP contribution is 2.11. The van der Waals surface area contributed by atoms with Crippen molar-refractivity contribution in [1.82, 2.24) is 0 Å². The highest BCUT2D eigenvalue weighted by molar-refractivity contribution is 5.71. The molecule has 326 valence electrons. The van der Waals surface area contributed by atoms with Crippen LogP contribution in [0.15, 0.2) is 146 Å². The fourth-order valence-electron chi connectivity index (χ4n) is 5.26. The van der Waals surface area contributed by atoms with Gasteiger partial charge in [0.2, 0.25) is 0 Å². The summed E-state index contributed by atoms with van der Waals surface area (Å²) >= 11 is 0. The molecular weight excluding hydrogens is 733 g/mol. The highest BCUT2D eigenvalue weighted by Gasteiger charge is 2.19. The molecule has 0 N–H and O–H groups in total. The maximum Gasteiger partial charge on any atom is 0.306 e. The third-order valence-electron chi connectivity index (χ3n) is 8.54. The van der Waals surface area contributed by atoms with E-state index in [2.05, 4.69) is 99.8 Å². The van der Waals surface area contributed by atoms with Crippen LogP contribution in [-0.2, 0) is 28.6 Å². The number of ether oxygens (including phenoxy) is 3. The zero-order valence-corrected chi connectivity index (χ0v) is 36.9. The standard InChI is InChI=1S/C53H78O6/c1-4-7-10-13-16-19-22-24-25-26-27-29-31-34-37-40-43-46-52(55)58-49-50(48-57-51(54)45-42-39-36-33-30-21-18-15-12-9-6-3)59-53(56)47-44-41-38-35-32-28-23-20-17-14-11-8-5-2/h7-14,16-27,29,31,33,36,50H,4-6,15,28,30,32,34-35,37-49H2,1-3H3/b10-7-,11-8-,12-9-,16-13-,17-14-,21-18-,22-19-,23-20-,25-24-,27-26+,31-29-,36-33-. The molecule has 0 aromatic rings. The summed E-state index contributed by atoms with van der Waals surface area (Å²) in [6, 6.07) is 0. The lowest BCUT2D eigenvalue weighted by Gasteiger charge is -2.18. The SMILES string of the molecule is CC\C=C/C=C\C=C/C=C\C=C\C=C/CCCCCC(=O)OCC(COC(=O)CCC/C=C\C/C=C\C/C=C\CC)OC(=O)CCCCCCC\C=C/C=C\C=C/CC. The molecule has 0 amide bonds. The molecule has 0 spiro atoms. The van der Waals surface area contributed by atoms with Crippen molar-refractivity contribution in [2.24, 2.45) is 0 Å². The van der Waals surface area contributed by atoms with E-state index in [1.807, 2.05) is 66.8 Å². The van der Waals surface area contributed by atoms with Crippen molar-refractivity contribution in [2.45, 2.75) is 155 Å². The number of carbonyl (C=O) groups excluding carboxylic acids is 3. The maximum atomic E-state index is 12.7. The van der Waals surface area contributed by atoms with Crippen LogP contribution in [0, 0.1) is 0 Å². The van der Waals surface area contributed by atoms with Gasteiger partial charge in [0.25, 0.3) is 0 Å². The van der Waals surface area contributed by atoms with Gasteiger partial charge in [0, 0.05) is 19.3 Å². The number of hydrogen-bond donors (Lipinski definition) is 0. The van der Waals surface area contributed by atoms with Crippen molar-refractivity contribution in [3.8, 4) is 0 Å². The van der Waals surface area contributed by atoms with E-state index in [9.17, 15) is 14.4 Å². The predicted molar refractivity (Wildman–Crippen MR) is 251 cm³/mol. The zero-order valence-electron chi connectivity index (χ0n) is 36.9. The largest absolute Gasteiger partial charge is 0.462 e. The van der Waals surface area contributed by atoms with E-state index >= 15 is 0 Å². The second kappa shape index (κ2) is 46.0. The van der Waals surface area contributed by atoms with E-state index in [0.29, 0.717) is 12.8 Å². The fourth-order valence-corrected chi connectivity index (χ4v) is 5.26. The van der Waals surface area contributed by atoms with Crippen LogP contribution in [0.5, 0.6) is 0 Å². The Kier molecular flexibility index (Phi) is 42.3. The first kappa shape index (κ1) is 54.3. The van der Waals surface area contributed by atoms with Gasteiger partial charge >= 0.3 is 17.9 Å². The molecule has 6 nitrogen and oxygen atoms in total. The smallest absolute Gasteiger partial charge is 0.306 e. The predicted octanol–water partition coefficient (Wildman–Crippen LogP) is 14.5. The van der Waals surface area contributed by atoms with Gasteiger partial charge in [0.05, 0.1) is 0 Å². The van der Waals surface area contributed by atoms with Gasteiger partial charge in [-0.1, -0.05) is 192 Å². The summed E-state index contributed by atoms with van der Waals surface area (Å²) in [7, 11) is 0. The minimum atomic E-state index is -0.832. The van der Waals surface area contributed by atoms with Gasteiger partial charge in [0.1, 0.15) is 13.2 Å². The Balaban J connectivity index is 4.60. The quantitative estimate of drug-likeness (QED) is 0.0204. The van der Waals surface area contributed by atoms with Crippen LogP contribution in [0.4, 0.5) is 0 Å². The Labute approximate surface area is 359 Å². The lowest BCUT2D eigenvalue weighted by molar-refractivity contribution is -0.167. The Bertz CT molecular complexity index is 1390. The molecule has 0 aromatic heterocycles. The van der Waals surface area contributed by atoms with E-state index in [1.54, 1.807) is 0 Å². The van der Waals surface area contributed by atoms with E-state index < -0.39 is 6.10 Å². The number of esters is 3. The Morgan fingerprint density at radius 1 is 0.356 bits per heavy atom. The monoisotopic (exact) mass is 811 g/mol. The molecule has 0 radical (unpaired) electrons. The Morgan fingerprint density at radius 2 is 0.712 bits per heavy atom. The summed E-state index contributed by atoms with van der Waals surface area (Å²) in [6.45, 7) is 6.09. The topological polar surface area (TPSA) is 78.9 Å². The van der Waals surface area contributed by atoms with Crippen LogP contribution < -0.4 is 0 Å². The summed E-state index contributed by atoms with van der Waals surface area (Å²) in [5.41, 5.74) is 0. The van der Waals surface area contributed by atoms with Crippen LogP contribution in [0.25, 0.3) is 0 Å². The van der Waals surface area contributed by atoms with Crippen LogP contribution in [0.2, 0.25) is 0 Å². The normalized spacial score (nSPS) is 13.5. The highest BCUT2D eigenvalue weighted by atomic mass is 16.6. The van der Waals surface area contributed by atoms with E-state index in [0.717, 1.165) is 96.3 Å². The molecule has 1 atom stereocenters. The molecule has 59 heavy (non-hydrogen) atoms. The minimum Gasteiger partial charge on any atom is -0.462 e. The molecule has 0 aliphatic carbocycles. The van der Waals surface area contributed by atoms with Gasteiger partial charge in [-0.25, -0.2) is 0 Å². The Morgan fingerprint density at radius 3 is 1.22 bits per heavy atom. The lowest BCUT2D eigenvalue weighted by atomic mass is 10.1. The van der Waals surface area contributed by atoms with Crippen LogP contribution >= 0.6 is 0 Å². The van der Waals surface area contributed by atoms with Gasteiger partial charge in [-0.3, -0.25) is 14.4 Å². The average molecular weight is 811 g/mol. The van der Waals surface area contributed by atoms with Crippen molar-refractivity contribution in [1.29, 1.82) is 0 Å². The number of carbonyl (C=O) groups is 3. The molecule has 0 saturated carbocycles. The van der Waals surface area contributed by atoms with Gasteiger partial charge in [-0.05, 0) is 83.5 Å². The van der Waals surface area contributed by atoms with Gasteiger partial charge in [-0.15, -0.1) is 0 Å². The van der Waals surface area contributed by atoms with Crippen LogP contribution in [0.1, 0.15) is 149 Å². The van der Waals surface area contributed by atoms with E-state index in [-0.39, 0.29) is 50.4 Å². The van der Waals surface area contributed by atoms with E-state index in [4.69, 9.17) is 14.2 Å². The summed E-state index contributed by atoms with van der Waals surface area (Å²) in [5.74, 6) is -1.07. The minimum absolute atomic E-state index is 0.133. The maximum absolute atomic E-state index is 12.7. The summed E-state index contributed by atoms with van der Waals surface area (Å²) < 4.78 is 16.6. The summed E-state index contributed by atoms with van der Waals surface area (Å²) in [4.78, 5) is 37.7. The zero-order chi connectivity index (χ0) is 43.0. The second-order valence-electron chi connectivity index (χ2n) is 14.0. The molecule has 0 bridgehead atoms.